The second-order valence-corrected chi connectivity index (χ2v) is 3.28. The number of hydrogen-bond acceptors (Lipinski definition) is 3. The second kappa shape index (κ2) is 8.44. The van der Waals surface area contributed by atoms with Crippen LogP contribution in [-0.2, 0) is 4.74 Å². The fourth-order valence-electron chi connectivity index (χ4n) is 1.26. The zero-order valence-corrected chi connectivity index (χ0v) is 10.9. The summed E-state index contributed by atoms with van der Waals surface area (Å²) in [5.41, 5.74) is 7.06. The number of hydrogen-bond donors (Lipinski definition) is 1. The lowest BCUT2D eigenvalue weighted by Crippen LogP contribution is -2.17. The minimum Gasteiger partial charge on any atom is -0.490 e. The van der Waals surface area contributed by atoms with Gasteiger partial charge in [-0.05, 0) is 25.5 Å². The van der Waals surface area contributed by atoms with Crippen LogP contribution in [0, 0.1) is 13.8 Å². The summed E-state index contributed by atoms with van der Waals surface area (Å²) in [4.78, 5) is 10.3. The highest BCUT2D eigenvalue weighted by Gasteiger charge is 2.00. The summed E-state index contributed by atoms with van der Waals surface area (Å²) in [5, 5.41) is 0. The average molecular weight is 239 g/mol. The standard InChI is InChI=1S/C11H15NO3.C2H6/c1-8-3-4-10(9(2)7-8)14-5-6-15-11(12)13;1-2/h3-4,7H,5-6H2,1-2H3,(H2,12,13);1-2H3. The van der Waals surface area contributed by atoms with E-state index in [0.29, 0.717) is 6.61 Å². The molecule has 1 amide bonds. The largest absolute Gasteiger partial charge is 0.490 e. The summed E-state index contributed by atoms with van der Waals surface area (Å²) in [5.74, 6) is 0.800. The molecule has 0 heterocycles. The number of carbonyl (C=O) groups excluding carboxylic acids is 1. The molecular weight excluding hydrogens is 218 g/mol. The van der Waals surface area contributed by atoms with Crippen molar-refractivity contribution in [2.45, 2.75) is 27.7 Å². The van der Waals surface area contributed by atoms with Crippen molar-refractivity contribution < 1.29 is 14.3 Å². The highest BCUT2D eigenvalue weighted by molar-refractivity contribution is 5.64. The summed E-state index contributed by atoms with van der Waals surface area (Å²) < 4.78 is 9.95. The van der Waals surface area contributed by atoms with Crippen molar-refractivity contribution in [1.29, 1.82) is 0 Å². The maximum Gasteiger partial charge on any atom is 0.404 e. The van der Waals surface area contributed by atoms with E-state index in [1.165, 1.54) is 5.56 Å². The topological polar surface area (TPSA) is 61.6 Å². The van der Waals surface area contributed by atoms with E-state index in [9.17, 15) is 4.79 Å². The van der Waals surface area contributed by atoms with Gasteiger partial charge in [-0.25, -0.2) is 4.79 Å². The van der Waals surface area contributed by atoms with Gasteiger partial charge >= 0.3 is 6.09 Å². The van der Waals surface area contributed by atoms with Gasteiger partial charge in [0.25, 0.3) is 0 Å². The predicted octanol–water partition coefficient (Wildman–Crippen LogP) is 2.80. The first-order valence-corrected chi connectivity index (χ1v) is 5.72. The van der Waals surface area contributed by atoms with Crippen LogP contribution in [0.5, 0.6) is 5.75 Å². The molecule has 0 aromatic heterocycles. The smallest absolute Gasteiger partial charge is 0.404 e. The Hall–Kier alpha value is -1.71. The molecule has 2 N–H and O–H groups in total. The molecule has 0 fully saturated rings. The molecule has 0 spiro atoms. The number of aryl methyl sites for hydroxylation is 2. The third-order valence-corrected chi connectivity index (χ3v) is 1.92. The molecule has 17 heavy (non-hydrogen) atoms. The Balaban J connectivity index is 0.00000121. The zero-order chi connectivity index (χ0) is 13.3. The molecule has 0 bridgehead atoms. The molecule has 96 valence electrons. The molecule has 0 unspecified atom stereocenters. The summed E-state index contributed by atoms with van der Waals surface area (Å²) >= 11 is 0. The van der Waals surface area contributed by atoms with Crippen molar-refractivity contribution in [3.63, 3.8) is 0 Å². The van der Waals surface area contributed by atoms with Gasteiger partial charge in [0.05, 0.1) is 0 Å². The maximum absolute atomic E-state index is 10.3. The average Bonchev–Trinajstić information content (AvgIpc) is 2.29. The van der Waals surface area contributed by atoms with Gasteiger partial charge in [0.1, 0.15) is 19.0 Å². The molecule has 1 rings (SSSR count). The van der Waals surface area contributed by atoms with Gasteiger partial charge in [-0.15, -0.1) is 0 Å². The molecule has 0 aliphatic carbocycles. The van der Waals surface area contributed by atoms with Crippen LogP contribution in [0.4, 0.5) is 4.79 Å². The summed E-state index contributed by atoms with van der Waals surface area (Å²) in [6.07, 6.45) is -0.778. The van der Waals surface area contributed by atoms with E-state index in [-0.39, 0.29) is 6.61 Å². The highest BCUT2D eigenvalue weighted by Crippen LogP contribution is 2.18. The van der Waals surface area contributed by atoms with Gasteiger partial charge in [0.2, 0.25) is 0 Å². The molecule has 1 aromatic carbocycles. The Morgan fingerprint density at radius 3 is 2.41 bits per heavy atom. The van der Waals surface area contributed by atoms with Crippen molar-refractivity contribution in [3.05, 3.63) is 29.3 Å². The Bertz CT molecular complexity index is 351. The van der Waals surface area contributed by atoms with E-state index >= 15 is 0 Å². The number of ether oxygens (including phenoxy) is 2. The molecule has 0 radical (unpaired) electrons. The Morgan fingerprint density at radius 2 is 1.88 bits per heavy atom. The first kappa shape index (κ1) is 15.3. The molecule has 0 aliphatic heterocycles. The SMILES string of the molecule is CC.Cc1ccc(OCCOC(N)=O)c(C)c1. The summed E-state index contributed by atoms with van der Waals surface area (Å²) in [6, 6.07) is 5.90. The molecule has 4 nitrogen and oxygen atoms in total. The normalized spacial score (nSPS) is 8.94. The first-order valence-electron chi connectivity index (χ1n) is 5.72. The van der Waals surface area contributed by atoms with Gasteiger partial charge in [0, 0.05) is 0 Å². The molecule has 0 atom stereocenters. The van der Waals surface area contributed by atoms with Gasteiger partial charge in [0.15, 0.2) is 0 Å². The van der Waals surface area contributed by atoms with E-state index < -0.39 is 6.09 Å². The fourth-order valence-corrected chi connectivity index (χ4v) is 1.26. The van der Waals surface area contributed by atoms with Gasteiger partial charge in [-0.3, -0.25) is 0 Å². The van der Waals surface area contributed by atoms with Crippen LogP contribution < -0.4 is 10.5 Å². The van der Waals surface area contributed by atoms with Crippen LogP contribution in [0.1, 0.15) is 25.0 Å². The van der Waals surface area contributed by atoms with E-state index in [1.807, 2.05) is 45.9 Å². The van der Waals surface area contributed by atoms with Gasteiger partial charge < -0.3 is 15.2 Å². The van der Waals surface area contributed by atoms with Crippen molar-refractivity contribution in [1.82, 2.24) is 0 Å². The molecule has 4 heteroatoms. The Kier molecular flexibility index (Phi) is 7.59. The van der Waals surface area contributed by atoms with E-state index in [0.717, 1.165) is 11.3 Å². The lowest BCUT2D eigenvalue weighted by molar-refractivity contribution is 0.133. The maximum atomic E-state index is 10.3. The third-order valence-electron chi connectivity index (χ3n) is 1.92. The number of amides is 1. The predicted molar refractivity (Wildman–Crippen MR) is 68.3 cm³/mol. The lowest BCUT2D eigenvalue weighted by atomic mass is 10.1. The summed E-state index contributed by atoms with van der Waals surface area (Å²) in [6.45, 7) is 8.47. The number of rotatable bonds is 4. The number of primary amides is 1. The molecule has 0 saturated heterocycles. The van der Waals surface area contributed by atoms with Crippen LogP contribution in [0.3, 0.4) is 0 Å². The van der Waals surface area contributed by atoms with Gasteiger partial charge in [-0.2, -0.15) is 0 Å². The van der Waals surface area contributed by atoms with Crippen molar-refractivity contribution in [3.8, 4) is 5.75 Å². The number of carbonyl (C=O) groups is 1. The van der Waals surface area contributed by atoms with Crippen LogP contribution in [-0.4, -0.2) is 19.3 Å². The Labute approximate surface area is 103 Å². The molecule has 1 aromatic rings. The van der Waals surface area contributed by atoms with Crippen LogP contribution in [0.15, 0.2) is 18.2 Å². The van der Waals surface area contributed by atoms with E-state index in [2.05, 4.69) is 4.74 Å². The number of nitrogens with two attached hydrogens (primary N) is 1. The molecule has 0 saturated carbocycles. The lowest BCUT2D eigenvalue weighted by Gasteiger charge is -2.09. The third kappa shape index (κ3) is 6.45. The van der Waals surface area contributed by atoms with Crippen molar-refractivity contribution in [2.24, 2.45) is 5.73 Å². The molecular formula is C13H21NO3. The monoisotopic (exact) mass is 239 g/mol. The number of benzene rings is 1. The zero-order valence-electron chi connectivity index (χ0n) is 10.9. The summed E-state index contributed by atoms with van der Waals surface area (Å²) in [7, 11) is 0. The highest BCUT2D eigenvalue weighted by atomic mass is 16.6. The van der Waals surface area contributed by atoms with Crippen LogP contribution in [0.25, 0.3) is 0 Å². The van der Waals surface area contributed by atoms with Crippen LogP contribution in [0.2, 0.25) is 0 Å². The first-order chi connectivity index (χ1) is 8.09. The van der Waals surface area contributed by atoms with Crippen LogP contribution >= 0.6 is 0 Å². The van der Waals surface area contributed by atoms with E-state index in [4.69, 9.17) is 10.5 Å². The van der Waals surface area contributed by atoms with E-state index in [1.54, 1.807) is 0 Å². The minimum absolute atomic E-state index is 0.169. The Morgan fingerprint density at radius 1 is 1.24 bits per heavy atom. The quantitative estimate of drug-likeness (QED) is 0.822. The second-order valence-electron chi connectivity index (χ2n) is 3.28. The minimum atomic E-state index is -0.778. The van der Waals surface area contributed by atoms with Gasteiger partial charge in [-0.1, -0.05) is 31.5 Å². The van der Waals surface area contributed by atoms with Crippen molar-refractivity contribution in [2.75, 3.05) is 13.2 Å². The molecule has 0 aliphatic rings. The van der Waals surface area contributed by atoms with Crippen molar-refractivity contribution >= 4 is 6.09 Å². The fraction of sp³-hybridized carbons (Fsp3) is 0.462.